The zero-order valence-electron chi connectivity index (χ0n) is 12.2. The van der Waals surface area contributed by atoms with E-state index in [1.54, 1.807) is 6.07 Å². The fourth-order valence-corrected chi connectivity index (χ4v) is 2.88. The lowest BCUT2D eigenvalue weighted by Gasteiger charge is -2.27. The van der Waals surface area contributed by atoms with Gasteiger partial charge in [-0.2, -0.15) is 0 Å². The van der Waals surface area contributed by atoms with Gasteiger partial charge in [0.05, 0.1) is 12.2 Å². The lowest BCUT2D eigenvalue weighted by atomic mass is 9.86. The van der Waals surface area contributed by atoms with Crippen LogP contribution in [0.4, 0.5) is 0 Å². The van der Waals surface area contributed by atoms with Gasteiger partial charge < -0.3 is 15.8 Å². The highest BCUT2D eigenvalue weighted by atomic mass is 16.5. The molecule has 110 valence electrons. The van der Waals surface area contributed by atoms with Gasteiger partial charge in [0.2, 0.25) is 0 Å². The molecule has 1 saturated carbocycles. The Labute approximate surface area is 120 Å². The van der Waals surface area contributed by atoms with Gasteiger partial charge in [-0.15, -0.1) is 0 Å². The van der Waals surface area contributed by atoms with E-state index >= 15 is 0 Å². The Kier molecular flexibility index (Phi) is 5.01. The molecular weight excluding hydrogens is 252 g/mol. The van der Waals surface area contributed by atoms with Crippen molar-refractivity contribution in [1.29, 1.82) is 0 Å². The molecule has 1 amide bonds. The van der Waals surface area contributed by atoms with Gasteiger partial charge in [0.1, 0.15) is 5.75 Å². The van der Waals surface area contributed by atoms with E-state index in [9.17, 15) is 4.79 Å². The number of ether oxygens (including phenoxy) is 1. The number of para-hydroxylation sites is 1. The molecule has 3 N–H and O–H groups in total. The Balaban J connectivity index is 2.01. The van der Waals surface area contributed by atoms with Gasteiger partial charge in [0.25, 0.3) is 5.91 Å². The predicted molar refractivity (Wildman–Crippen MR) is 79.9 cm³/mol. The van der Waals surface area contributed by atoms with Gasteiger partial charge in [-0.3, -0.25) is 4.79 Å². The van der Waals surface area contributed by atoms with Crippen LogP contribution in [0.2, 0.25) is 0 Å². The van der Waals surface area contributed by atoms with Crippen LogP contribution in [0.15, 0.2) is 24.3 Å². The maximum atomic E-state index is 12.3. The lowest BCUT2D eigenvalue weighted by Crippen LogP contribution is -2.40. The zero-order chi connectivity index (χ0) is 14.4. The monoisotopic (exact) mass is 276 g/mol. The number of amides is 1. The summed E-state index contributed by atoms with van der Waals surface area (Å²) in [6, 6.07) is 7.35. The normalized spacial score (nSPS) is 16.9. The van der Waals surface area contributed by atoms with Crippen LogP contribution in [-0.2, 0) is 0 Å². The number of hydrogen-bond acceptors (Lipinski definition) is 3. The fraction of sp³-hybridized carbons (Fsp3) is 0.562. The summed E-state index contributed by atoms with van der Waals surface area (Å²) in [4.78, 5) is 12.3. The lowest BCUT2D eigenvalue weighted by molar-refractivity contribution is 0.0928. The van der Waals surface area contributed by atoms with E-state index in [2.05, 4.69) is 5.32 Å². The zero-order valence-corrected chi connectivity index (χ0v) is 12.2. The van der Waals surface area contributed by atoms with Crippen LogP contribution in [0.3, 0.4) is 0 Å². The van der Waals surface area contributed by atoms with Gasteiger partial charge in [-0.25, -0.2) is 0 Å². The second kappa shape index (κ2) is 6.75. The third kappa shape index (κ3) is 3.31. The molecule has 0 heterocycles. The molecule has 1 aliphatic carbocycles. The molecule has 1 fully saturated rings. The van der Waals surface area contributed by atoms with E-state index in [1.807, 2.05) is 25.1 Å². The topological polar surface area (TPSA) is 64.3 Å². The van der Waals surface area contributed by atoms with E-state index in [4.69, 9.17) is 10.5 Å². The Morgan fingerprint density at radius 2 is 2.05 bits per heavy atom. The van der Waals surface area contributed by atoms with Crippen molar-refractivity contribution in [3.05, 3.63) is 29.8 Å². The molecule has 1 aromatic carbocycles. The Morgan fingerprint density at radius 1 is 1.35 bits per heavy atom. The van der Waals surface area contributed by atoms with E-state index in [-0.39, 0.29) is 11.3 Å². The summed E-state index contributed by atoms with van der Waals surface area (Å²) in [5.74, 6) is 0.564. The first-order valence-corrected chi connectivity index (χ1v) is 7.41. The van der Waals surface area contributed by atoms with Crippen molar-refractivity contribution >= 4 is 5.91 Å². The highest BCUT2D eigenvalue weighted by Gasteiger charge is 2.32. The van der Waals surface area contributed by atoms with Gasteiger partial charge in [0, 0.05) is 6.54 Å². The average Bonchev–Trinajstić information content (AvgIpc) is 2.95. The minimum atomic E-state index is -0.0752. The summed E-state index contributed by atoms with van der Waals surface area (Å²) >= 11 is 0. The Hall–Kier alpha value is -1.55. The van der Waals surface area contributed by atoms with E-state index < -0.39 is 0 Å². The van der Waals surface area contributed by atoms with Crippen molar-refractivity contribution in [3.63, 3.8) is 0 Å². The second-order valence-corrected chi connectivity index (χ2v) is 5.52. The molecule has 0 bridgehead atoms. The molecule has 4 heteroatoms. The molecule has 0 unspecified atom stereocenters. The van der Waals surface area contributed by atoms with Crippen LogP contribution in [0.1, 0.15) is 43.0 Å². The van der Waals surface area contributed by atoms with Crippen molar-refractivity contribution < 1.29 is 9.53 Å². The first kappa shape index (κ1) is 14.9. The van der Waals surface area contributed by atoms with E-state index in [0.717, 1.165) is 12.8 Å². The molecule has 1 aromatic rings. The highest BCUT2D eigenvalue weighted by Crippen LogP contribution is 2.36. The summed E-state index contributed by atoms with van der Waals surface area (Å²) in [5.41, 5.74) is 6.59. The van der Waals surface area contributed by atoms with Crippen molar-refractivity contribution in [2.75, 3.05) is 19.7 Å². The molecule has 0 aliphatic heterocycles. The third-order valence-corrected chi connectivity index (χ3v) is 4.15. The average molecular weight is 276 g/mol. The fourth-order valence-electron chi connectivity index (χ4n) is 2.88. The maximum Gasteiger partial charge on any atom is 0.255 e. The number of nitrogens with two attached hydrogens (primary N) is 1. The van der Waals surface area contributed by atoms with Crippen LogP contribution in [0, 0.1) is 5.41 Å². The van der Waals surface area contributed by atoms with Crippen molar-refractivity contribution in [2.45, 2.75) is 32.6 Å². The Bertz CT molecular complexity index is 454. The molecule has 20 heavy (non-hydrogen) atoms. The minimum absolute atomic E-state index is 0.0752. The van der Waals surface area contributed by atoms with Gasteiger partial charge in [-0.05, 0) is 43.9 Å². The van der Waals surface area contributed by atoms with Gasteiger partial charge in [0.15, 0.2) is 0 Å². The first-order valence-electron chi connectivity index (χ1n) is 7.41. The highest BCUT2D eigenvalue weighted by molar-refractivity contribution is 5.96. The second-order valence-electron chi connectivity index (χ2n) is 5.52. The largest absolute Gasteiger partial charge is 0.493 e. The summed E-state index contributed by atoms with van der Waals surface area (Å²) < 4.78 is 5.50. The molecule has 1 aliphatic rings. The summed E-state index contributed by atoms with van der Waals surface area (Å²) in [5, 5.41) is 3.03. The quantitative estimate of drug-likeness (QED) is 0.838. The number of benzene rings is 1. The number of carbonyl (C=O) groups excluding carboxylic acids is 1. The molecule has 4 nitrogen and oxygen atoms in total. The maximum absolute atomic E-state index is 12.3. The number of hydrogen-bond donors (Lipinski definition) is 2. The SMILES string of the molecule is CCOc1ccccc1C(=O)NCC1(CN)CCCC1. The van der Waals surface area contributed by atoms with Crippen molar-refractivity contribution in [1.82, 2.24) is 5.32 Å². The van der Waals surface area contributed by atoms with Crippen LogP contribution in [-0.4, -0.2) is 25.6 Å². The van der Waals surface area contributed by atoms with Gasteiger partial charge in [-0.1, -0.05) is 25.0 Å². The van der Waals surface area contributed by atoms with Crippen LogP contribution in [0.5, 0.6) is 5.75 Å². The summed E-state index contributed by atoms with van der Waals surface area (Å²) in [7, 11) is 0. The third-order valence-electron chi connectivity index (χ3n) is 4.15. The van der Waals surface area contributed by atoms with Crippen LogP contribution < -0.4 is 15.8 Å². The molecule has 0 spiro atoms. The van der Waals surface area contributed by atoms with E-state index in [1.165, 1.54) is 12.8 Å². The molecule has 0 radical (unpaired) electrons. The van der Waals surface area contributed by atoms with Crippen molar-refractivity contribution in [2.24, 2.45) is 11.1 Å². The number of rotatable bonds is 6. The molecule has 0 atom stereocenters. The smallest absolute Gasteiger partial charge is 0.255 e. The van der Waals surface area contributed by atoms with E-state index in [0.29, 0.717) is 31.0 Å². The molecular formula is C16H24N2O2. The van der Waals surface area contributed by atoms with Crippen molar-refractivity contribution in [3.8, 4) is 5.75 Å². The molecule has 0 aromatic heterocycles. The van der Waals surface area contributed by atoms with Crippen LogP contribution in [0.25, 0.3) is 0 Å². The summed E-state index contributed by atoms with van der Waals surface area (Å²) in [6.07, 6.45) is 4.64. The predicted octanol–water partition coefficient (Wildman–Crippen LogP) is 2.33. The van der Waals surface area contributed by atoms with Crippen LogP contribution >= 0.6 is 0 Å². The number of nitrogens with one attached hydrogen (secondary N) is 1. The minimum Gasteiger partial charge on any atom is -0.493 e. The van der Waals surface area contributed by atoms with Gasteiger partial charge >= 0.3 is 0 Å². The summed E-state index contributed by atoms with van der Waals surface area (Å²) in [6.45, 7) is 3.76. The number of carbonyl (C=O) groups is 1. The molecule has 2 rings (SSSR count). The first-order chi connectivity index (χ1) is 9.71. The standard InChI is InChI=1S/C16H24N2O2/c1-2-20-14-8-4-3-7-13(14)15(19)18-12-16(11-17)9-5-6-10-16/h3-4,7-8H,2,5-6,9-12,17H2,1H3,(H,18,19). The Morgan fingerprint density at radius 3 is 2.70 bits per heavy atom. The molecule has 0 saturated heterocycles.